The maximum Gasteiger partial charge on any atom is 0.147 e. The number of aromatic nitrogens is 1. The molecule has 4 atom stereocenters. The topological polar surface area (TPSA) is 61.6 Å². The zero-order valence-corrected chi connectivity index (χ0v) is 15.9. The number of carbonyl (C=O) groups is 1. The highest BCUT2D eigenvalue weighted by atomic mass is 35.5. The van der Waals surface area contributed by atoms with Crippen molar-refractivity contribution >= 4 is 29.0 Å². The van der Waals surface area contributed by atoms with Crippen molar-refractivity contribution < 1.29 is 18.8 Å². The highest BCUT2D eigenvalue weighted by Crippen LogP contribution is 2.64. The largest absolute Gasteiger partial charge is 0.370 e. The third-order valence-corrected chi connectivity index (χ3v) is 7.25. The number of Topliss-reactive ketones (excluding diaryl/α,β-unsaturated/α-hetero) is 1. The number of ketones is 1. The highest BCUT2D eigenvalue weighted by Gasteiger charge is 2.79. The number of rotatable bonds is 5. The molecule has 0 amide bonds. The van der Waals surface area contributed by atoms with E-state index >= 15 is 0 Å². The first kappa shape index (κ1) is 16.5. The van der Waals surface area contributed by atoms with Crippen molar-refractivity contribution in [2.45, 2.75) is 43.5 Å². The molecular weight excluding hydrogens is 389 g/mol. The molecule has 1 spiro atoms. The van der Waals surface area contributed by atoms with Crippen LogP contribution in [0.4, 0.5) is 0 Å². The first-order valence-corrected chi connectivity index (χ1v) is 10.1. The molecule has 1 aliphatic heterocycles. The number of ether oxygens (including phenoxy) is 2. The van der Waals surface area contributed by atoms with Gasteiger partial charge in [-0.25, -0.2) is 0 Å². The number of hydrogen-bond donors (Lipinski definition) is 0. The van der Waals surface area contributed by atoms with Gasteiger partial charge in [0.1, 0.15) is 22.8 Å². The molecule has 0 bridgehead atoms. The summed E-state index contributed by atoms with van der Waals surface area (Å²) in [5, 5.41) is 5.36. The van der Waals surface area contributed by atoms with E-state index in [4.69, 9.17) is 37.2 Å². The summed E-state index contributed by atoms with van der Waals surface area (Å²) in [6.45, 7) is 0.895. The summed E-state index contributed by atoms with van der Waals surface area (Å²) in [6, 6.07) is 5.39. The minimum absolute atomic E-state index is 0.0316. The number of hydrogen-bond acceptors (Lipinski definition) is 5. The van der Waals surface area contributed by atoms with Gasteiger partial charge in [0.15, 0.2) is 0 Å². The Labute approximate surface area is 165 Å². The quantitative estimate of drug-likeness (QED) is 0.737. The molecule has 4 fully saturated rings. The normalized spacial score (nSPS) is 33.6. The predicted molar refractivity (Wildman–Crippen MR) is 97.8 cm³/mol. The SMILES string of the molecule is O=C1C2COC23C(OCc2c(-c4c(Cl)cccc4Cl)noc2C2CC2)CC13. The molecule has 0 radical (unpaired) electrons. The van der Waals surface area contributed by atoms with Crippen LogP contribution in [0.15, 0.2) is 22.7 Å². The Kier molecular flexibility index (Phi) is 3.41. The summed E-state index contributed by atoms with van der Waals surface area (Å²) < 4.78 is 17.7. The van der Waals surface area contributed by atoms with Crippen LogP contribution in [0.25, 0.3) is 11.3 Å². The fourth-order valence-corrected chi connectivity index (χ4v) is 5.46. The van der Waals surface area contributed by atoms with E-state index in [1.807, 2.05) is 6.07 Å². The van der Waals surface area contributed by atoms with Crippen molar-refractivity contribution in [2.24, 2.45) is 11.8 Å². The number of nitrogens with zero attached hydrogens (tertiary/aromatic N) is 1. The second-order valence-corrected chi connectivity index (χ2v) is 8.77. The summed E-state index contributed by atoms with van der Waals surface area (Å²) in [7, 11) is 0. The van der Waals surface area contributed by atoms with Crippen molar-refractivity contribution in [3.63, 3.8) is 0 Å². The molecule has 3 saturated carbocycles. The number of benzene rings is 1. The lowest BCUT2D eigenvalue weighted by atomic mass is 9.44. The van der Waals surface area contributed by atoms with Gasteiger partial charge in [-0.2, -0.15) is 0 Å². The Morgan fingerprint density at radius 2 is 2.00 bits per heavy atom. The van der Waals surface area contributed by atoms with Gasteiger partial charge in [-0.1, -0.05) is 34.4 Å². The van der Waals surface area contributed by atoms with E-state index in [-0.39, 0.29) is 23.5 Å². The van der Waals surface area contributed by atoms with Crippen molar-refractivity contribution in [1.82, 2.24) is 5.16 Å². The van der Waals surface area contributed by atoms with Crippen LogP contribution in [-0.2, 0) is 20.9 Å². The molecular formula is C20H17Cl2NO4. The molecule has 2 aromatic rings. The predicted octanol–water partition coefficient (Wildman–Crippen LogP) is 4.40. The van der Waals surface area contributed by atoms with Crippen LogP contribution in [0.2, 0.25) is 10.0 Å². The molecule has 2 heterocycles. The van der Waals surface area contributed by atoms with E-state index in [9.17, 15) is 4.79 Å². The third-order valence-electron chi connectivity index (χ3n) is 6.62. The van der Waals surface area contributed by atoms with Crippen molar-refractivity contribution in [1.29, 1.82) is 0 Å². The van der Waals surface area contributed by atoms with E-state index in [1.54, 1.807) is 12.1 Å². The smallest absolute Gasteiger partial charge is 0.147 e. The zero-order valence-electron chi connectivity index (χ0n) is 14.4. The minimum atomic E-state index is -0.351. The number of carbonyl (C=O) groups excluding carboxylic acids is 1. The van der Waals surface area contributed by atoms with Gasteiger partial charge in [-0.15, -0.1) is 0 Å². The Balaban J connectivity index is 1.31. The number of halogens is 2. The van der Waals surface area contributed by atoms with Gasteiger partial charge in [-0.3, -0.25) is 4.79 Å². The third kappa shape index (κ3) is 2.09. The molecule has 1 aromatic heterocycles. The molecule has 140 valence electrons. The summed E-state index contributed by atoms with van der Waals surface area (Å²) in [6.07, 6.45) is 2.87. The van der Waals surface area contributed by atoms with E-state index < -0.39 is 0 Å². The monoisotopic (exact) mass is 405 g/mol. The van der Waals surface area contributed by atoms with Crippen LogP contribution in [0.3, 0.4) is 0 Å². The van der Waals surface area contributed by atoms with E-state index in [1.165, 1.54) is 0 Å². The molecule has 1 aromatic carbocycles. The first-order valence-electron chi connectivity index (χ1n) is 9.33. The molecule has 27 heavy (non-hydrogen) atoms. The average Bonchev–Trinajstić information content (AvgIpc) is 3.35. The Morgan fingerprint density at radius 1 is 1.22 bits per heavy atom. The second kappa shape index (κ2) is 5.57. The first-order chi connectivity index (χ1) is 13.1. The van der Waals surface area contributed by atoms with Gasteiger partial charge in [-0.05, 0) is 31.4 Å². The van der Waals surface area contributed by atoms with Crippen molar-refractivity contribution in [2.75, 3.05) is 6.61 Å². The minimum Gasteiger partial charge on any atom is -0.370 e. The van der Waals surface area contributed by atoms with Gasteiger partial charge in [0, 0.05) is 17.0 Å². The lowest BCUT2D eigenvalue weighted by molar-refractivity contribution is -0.358. The molecule has 4 aliphatic rings. The Hall–Kier alpha value is -1.40. The van der Waals surface area contributed by atoms with Crippen LogP contribution in [0.5, 0.6) is 0 Å². The van der Waals surface area contributed by atoms with Crippen molar-refractivity contribution in [3.05, 3.63) is 39.6 Å². The summed E-state index contributed by atoms with van der Waals surface area (Å²) in [5.74, 6) is 1.66. The van der Waals surface area contributed by atoms with Crippen molar-refractivity contribution in [3.8, 4) is 11.3 Å². The fourth-order valence-electron chi connectivity index (χ4n) is 4.89. The van der Waals surface area contributed by atoms with E-state index in [0.717, 1.165) is 30.6 Å². The van der Waals surface area contributed by atoms with E-state index in [2.05, 4.69) is 5.16 Å². The van der Waals surface area contributed by atoms with Crippen LogP contribution in [0.1, 0.15) is 36.5 Å². The second-order valence-electron chi connectivity index (χ2n) is 7.95. The summed E-state index contributed by atoms with van der Waals surface area (Å²) >= 11 is 12.8. The molecule has 4 unspecified atom stereocenters. The average molecular weight is 406 g/mol. The zero-order chi connectivity index (χ0) is 18.3. The lowest BCUT2D eigenvalue weighted by Gasteiger charge is -2.71. The molecule has 0 N–H and O–H groups in total. The maximum absolute atomic E-state index is 11.9. The Morgan fingerprint density at radius 3 is 2.63 bits per heavy atom. The maximum atomic E-state index is 11.9. The van der Waals surface area contributed by atoms with Crippen LogP contribution in [-0.4, -0.2) is 29.3 Å². The standard InChI is InChI=1S/C20H17Cl2NO4/c21-13-2-1-3-14(22)16(13)17-10(19(27-23-17)9-4-5-9)7-25-15-6-11-18(24)12-8-26-20(11,12)15/h1-3,9,11-12,15H,4-8H2. The van der Waals surface area contributed by atoms with Crippen LogP contribution in [0, 0.1) is 11.8 Å². The molecule has 3 aliphatic carbocycles. The lowest BCUT2D eigenvalue weighted by Crippen LogP contribution is -2.85. The summed E-state index contributed by atoms with van der Waals surface area (Å²) in [4.78, 5) is 11.9. The molecule has 5 nitrogen and oxygen atoms in total. The molecule has 1 saturated heterocycles. The van der Waals surface area contributed by atoms with Crippen LogP contribution >= 0.6 is 23.2 Å². The fraction of sp³-hybridized carbons (Fsp3) is 0.500. The van der Waals surface area contributed by atoms with Gasteiger partial charge < -0.3 is 14.0 Å². The van der Waals surface area contributed by atoms with Gasteiger partial charge >= 0.3 is 0 Å². The van der Waals surface area contributed by atoms with Crippen LogP contribution < -0.4 is 0 Å². The Bertz CT molecular complexity index is 939. The molecule has 7 heteroatoms. The van der Waals surface area contributed by atoms with E-state index in [0.29, 0.717) is 46.2 Å². The van der Waals surface area contributed by atoms with Gasteiger partial charge in [0.25, 0.3) is 0 Å². The highest BCUT2D eigenvalue weighted by molar-refractivity contribution is 6.39. The van der Waals surface area contributed by atoms with Gasteiger partial charge in [0.2, 0.25) is 0 Å². The summed E-state index contributed by atoms with van der Waals surface area (Å²) in [5.41, 5.74) is 1.89. The molecule has 6 rings (SSSR count). The van der Waals surface area contributed by atoms with Gasteiger partial charge in [0.05, 0.1) is 41.2 Å².